The number of rotatable bonds is 3. The van der Waals surface area contributed by atoms with Gasteiger partial charge in [0.15, 0.2) is 4.77 Å². The van der Waals surface area contributed by atoms with Crippen LogP contribution in [0.15, 0.2) is 48.5 Å². The lowest BCUT2D eigenvalue weighted by molar-refractivity contribution is 0.476. The summed E-state index contributed by atoms with van der Waals surface area (Å²) >= 11 is 5.35. The number of H-pyrrole nitrogens is 1. The number of aromatic nitrogens is 4. The van der Waals surface area contributed by atoms with E-state index in [1.165, 1.54) is 0 Å². The second-order valence-electron chi connectivity index (χ2n) is 6.91. The predicted molar refractivity (Wildman–Crippen MR) is 110 cm³/mol. The fourth-order valence-electron chi connectivity index (χ4n) is 3.26. The molecule has 2 N–H and O–H groups in total. The van der Waals surface area contributed by atoms with Crippen molar-refractivity contribution < 1.29 is 5.11 Å². The van der Waals surface area contributed by atoms with Crippen LogP contribution >= 0.6 is 12.2 Å². The fourth-order valence-corrected chi connectivity index (χ4v) is 3.47. The van der Waals surface area contributed by atoms with E-state index in [0.29, 0.717) is 16.0 Å². The van der Waals surface area contributed by atoms with E-state index in [4.69, 9.17) is 17.3 Å². The molecule has 0 aliphatic carbocycles. The maximum absolute atomic E-state index is 10.3. The Morgan fingerprint density at radius 3 is 2.63 bits per heavy atom. The molecule has 0 radical (unpaired) electrons. The molecule has 0 aliphatic heterocycles. The zero-order valence-corrected chi connectivity index (χ0v) is 16.2. The van der Waals surface area contributed by atoms with Crippen molar-refractivity contribution in [2.75, 3.05) is 0 Å². The van der Waals surface area contributed by atoms with E-state index in [2.05, 4.69) is 35.9 Å². The van der Waals surface area contributed by atoms with E-state index in [9.17, 15) is 5.11 Å². The summed E-state index contributed by atoms with van der Waals surface area (Å²) in [7, 11) is 0. The zero-order chi connectivity index (χ0) is 19.1. The maximum Gasteiger partial charge on any atom is 0.197 e. The van der Waals surface area contributed by atoms with Gasteiger partial charge in [0.1, 0.15) is 11.4 Å². The Morgan fingerprint density at radius 2 is 1.89 bits per heavy atom. The van der Waals surface area contributed by atoms with Crippen molar-refractivity contribution >= 4 is 23.1 Å². The lowest BCUT2D eigenvalue weighted by atomic mass is 10.1. The van der Waals surface area contributed by atoms with E-state index < -0.39 is 0 Å². The summed E-state index contributed by atoms with van der Waals surface area (Å²) in [6.07, 6.45) is 0. The molecule has 0 saturated heterocycles. The predicted octanol–water partition coefficient (Wildman–Crippen LogP) is 5.42. The molecule has 0 spiro atoms. The summed E-state index contributed by atoms with van der Waals surface area (Å²) in [5.74, 6) is 0.187. The molecular formula is C21H20N4OS. The number of para-hydroxylation sites is 1. The molecule has 136 valence electrons. The first-order valence-corrected chi connectivity index (χ1v) is 9.24. The number of aryl methyl sites for hydroxylation is 1. The average molecular weight is 376 g/mol. The quantitative estimate of drug-likeness (QED) is 0.469. The van der Waals surface area contributed by atoms with Gasteiger partial charge in [-0.3, -0.25) is 4.68 Å². The van der Waals surface area contributed by atoms with E-state index in [1.807, 2.05) is 41.9 Å². The third-order valence-corrected chi connectivity index (χ3v) is 4.73. The number of hydrogen-bond acceptors (Lipinski definition) is 4. The highest BCUT2D eigenvalue weighted by Crippen LogP contribution is 2.33. The molecule has 0 aliphatic rings. The van der Waals surface area contributed by atoms with Gasteiger partial charge in [0.2, 0.25) is 0 Å². The number of nitrogens with one attached hydrogen (secondary N) is 1. The monoisotopic (exact) mass is 376 g/mol. The first-order chi connectivity index (χ1) is 12.9. The van der Waals surface area contributed by atoms with Crippen molar-refractivity contribution in [1.82, 2.24) is 19.7 Å². The molecule has 0 atom stereocenters. The minimum Gasteiger partial charge on any atom is -0.507 e. The Morgan fingerprint density at radius 1 is 1.11 bits per heavy atom. The molecule has 6 heteroatoms. The first kappa shape index (κ1) is 17.4. The van der Waals surface area contributed by atoms with Gasteiger partial charge in [0.25, 0.3) is 0 Å². The minimum absolute atomic E-state index is 0.187. The van der Waals surface area contributed by atoms with Crippen molar-refractivity contribution in [3.05, 3.63) is 58.9 Å². The Hall–Kier alpha value is -2.99. The minimum atomic E-state index is 0.187. The van der Waals surface area contributed by atoms with Crippen LogP contribution in [0.5, 0.6) is 5.75 Å². The van der Waals surface area contributed by atoms with Crippen LogP contribution in [-0.2, 0) is 0 Å². The van der Waals surface area contributed by atoms with Crippen molar-refractivity contribution in [2.45, 2.75) is 26.8 Å². The molecule has 27 heavy (non-hydrogen) atoms. The molecule has 0 bridgehead atoms. The lowest BCUT2D eigenvalue weighted by Crippen LogP contribution is -2.02. The Balaban J connectivity index is 1.95. The van der Waals surface area contributed by atoms with Crippen LogP contribution in [0.25, 0.3) is 33.5 Å². The Labute approximate surface area is 162 Å². The highest BCUT2D eigenvalue weighted by molar-refractivity contribution is 7.71. The van der Waals surface area contributed by atoms with E-state index in [1.54, 1.807) is 6.07 Å². The van der Waals surface area contributed by atoms with Gasteiger partial charge in [-0.25, -0.2) is 4.98 Å². The third-order valence-electron chi connectivity index (χ3n) is 4.53. The number of nitrogens with zero attached hydrogens (tertiary/aromatic N) is 3. The van der Waals surface area contributed by atoms with E-state index in [-0.39, 0.29) is 11.8 Å². The highest BCUT2D eigenvalue weighted by atomic mass is 32.1. The summed E-state index contributed by atoms with van der Waals surface area (Å²) in [5, 5.41) is 16.2. The summed E-state index contributed by atoms with van der Waals surface area (Å²) in [6.45, 7) is 6.14. The molecular weight excluding hydrogens is 356 g/mol. The SMILES string of the molecule is Cc1ccc(-c2cc(-c3nn(C(C)C)c4ccccc34)[nH]c(=S)n2)c(O)c1. The number of phenolic OH excluding ortho intramolecular Hbond substituents is 1. The van der Waals surface area contributed by atoms with Gasteiger partial charge in [0.05, 0.1) is 16.9 Å². The summed E-state index contributed by atoms with van der Waals surface area (Å²) in [4.78, 5) is 7.56. The van der Waals surface area contributed by atoms with Crippen LogP contribution in [0, 0.1) is 11.7 Å². The largest absolute Gasteiger partial charge is 0.507 e. The average Bonchev–Trinajstić information content (AvgIpc) is 3.01. The van der Waals surface area contributed by atoms with Crippen LogP contribution in [0.2, 0.25) is 0 Å². The summed E-state index contributed by atoms with van der Waals surface area (Å²) in [6, 6.07) is 15.8. The molecule has 5 nitrogen and oxygen atoms in total. The standard InChI is InChI=1S/C21H20N4OS/c1-12(2)25-18-7-5-4-6-15(18)20(24-25)17-11-16(22-21(27)23-17)14-9-8-13(3)10-19(14)26/h4-12,26H,1-3H3,(H,22,23,27). The molecule has 0 unspecified atom stereocenters. The van der Waals surface area contributed by atoms with Crippen LogP contribution in [0.3, 0.4) is 0 Å². The van der Waals surface area contributed by atoms with Gasteiger partial charge < -0.3 is 10.1 Å². The van der Waals surface area contributed by atoms with E-state index in [0.717, 1.165) is 27.9 Å². The topological polar surface area (TPSA) is 66.7 Å². The molecule has 4 rings (SSSR count). The highest BCUT2D eigenvalue weighted by Gasteiger charge is 2.16. The van der Waals surface area contributed by atoms with Crippen molar-refractivity contribution in [1.29, 1.82) is 0 Å². The van der Waals surface area contributed by atoms with Crippen LogP contribution in [-0.4, -0.2) is 24.9 Å². The fraction of sp³-hybridized carbons (Fsp3) is 0.190. The van der Waals surface area contributed by atoms with Gasteiger partial charge in [-0.1, -0.05) is 24.3 Å². The Kier molecular flexibility index (Phi) is 4.28. The second-order valence-corrected chi connectivity index (χ2v) is 7.30. The van der Waals surface area contributed by atoms with Gasteiger partial charge in [-0.15, -0.1) is 0 Å². The van der Waals surface area contributed by atoms with Gasteiger partial charge >= 0.3 is 0 Å². The first-order valence-electron chi connectivity index (χ1n) is 8.83. The van der Waals surface area contributed by atoms with Crippen molar-refractivity contribution in [3.63, 3.8) is 0 Å². The van der Waals surface area contributed by atoms with Gasteiger partial charge in [0, 0.05) is 17.0 Å². The number of aromatic amines is 1. The second kappa shape index (κ2) is 6.63. The van der Waals surface area contributed by atoms with E-state index >= 15 is 0 Å². The number of hydrogen-bond donors (Lipinski definition) is 2. The Bertz CT molecular complexity index is 1210. The number of benzene rings is 2. The molecule has 2 aromatic heterocycles. The summed E-state index contributed by atoms with van der Waals surface area (Å²) in [5.41, 5.74) is 4.92. The zero-order valence-electron chi connectivity index (χ0n) is 15.4. The lowest BCUT2D eigenvalue weighted by Gasteiger charge is -2.07. The number of phenols is 1. The normalized spacial score (nSPS) is 11.4. The number of fused-ring (bicyclic) bond motifs is 1. The third kappa shape index (κ3) is 3.13. The smallest absolute Gasteiger partial charge is 0.197 e. The van der Waals surface area contributed by atoms with Crippen LogP contribution in [0.4, 0.5) is 0 Å². The van der Waals surface area contributed by atoms with Crippen molar-refractivity contribution in [3.8, 4) is 28.4 Å². The van der Waals surface area contributed by atoms with Crippen LogP contribution < -0.4 is 0 Å². The van der Waals surface area contributed by atoms with Crippen LogP contribution in [0.1, 0.15) is 25.5 Å². The molecule has 0 saturated carbocycles. The van der Waals surface area contributed by atoms with Gasteiger partial charge in [-0.2, -0.15) is 5.10 Å². The number of aromatic hydroxyl groups is 1. The molecule has 4 aromatic rings. The molecule has 2 heterocycles. The molecule has 2 aromatic carbocycles. The maximum atomic E-state index is 10.3. The summed E-state index contributed by atoms with van der Waals surface area (Å²) < 4.78 is 2.36. The van der Waals surface area contributed by atoms with Gasteiger partial charge in [-0.05, 0) is 62.8 Å². The van der Waals surface area contributed by atoms with Crippen molar-refractivity contribution in [2.24, 2.45) is 0 Å². The molecule has 0 amide bonds. The molecule has 0 fully saturated rings.